The van der Waals surface area contributed by atoms with Gasteiger partial charge in [-0.15, -0.1) is 11.6 Å². The van der Waals surface area contributed by atoms with Crippen molar-refractivity contribution >= 4 is 34.9 Å². The SMILES string of the molecule is CC(C)NC[C@@H](C(=O)N1CCN(c2ncnc3c2[C@H](C)C[C@H]3Cl)CC1)c1ccc(Cl)cc1. The summed E-state index contributed by atoms with van der Waals surface area (Å²) in [6.07, 6.45) is 2.51. The highest BCUT2D eigenvalue weighted by atomic mass is 35.5. The first kappa shape index (κ1) is 23.3. The van der Waals surface area contributed by atoms with Gasteiger partial charge in [0.1, 0.15) is 12.1 Å². The van der Waals surface area contributed by atoms with E-state index in [9.17, 15) is 4.79 Å². The molecule has 1 saturated heterocycles. The number of anilines is 1. The van der Waals surface area contributed by atoms with Gasteiger partial charge in [-0.2, -0.15) is 0 Å². The van der Waals surface area contributed by atoms with Gasteiger partial charge in [0.15, 0.2) is 0 Å². The summed E-state index contributed by atoms with van der Waals surface area (Å²) in [6.45, 7) is 9.81. The lowest BCUT2D eigenvalue weighted by atomic mass is 9.96. The number of alkyl halides is 1. The van der Waals surface area contributed by atoms with Crippen molar-refractivity contribution in [3.63, 3.8) is 0 Å². The number of amides is 1. The molecule has 4 rings (SSSR count). The molecule has 32 heavy (non-hydrogen) atoms. The Morgan fingerprint density at radius 2 is 1.84 bits per heavy atom. The summed E-state index contributed by atoms with van der Waals surface area (Å²) in [4.78, 5) is 26.8. The fourth-order valence-electron chi connectivity index (χ4n) is 4.67. The minimum atomic E-state index is -0.235. The maximum absolute atomic E-state index is 13.5. The number of halogens is 2. The van der Waals surface area contributed by atoms with E-state index in [4.69, 9.17) is 23.2 Å². The molecule has 0 spiro atoms. The van der Waals surface area contributed by atoms with Crippen molar-refractivity contribution in [3.05, 3.63) is 52.4 Å². The van der Waals surface area contributed by atoms with Crippen molar-refractivity contribution in [2.45, 2.75) is 50.4 Å². The third kappa shape index (κ3) is 4.87. The van der Waals surface area contributed by atoms with Crippen LogP contribution in [-0.4, -0.2) is 59.5 Å². The number of piperazine rings is 1. The molecule has 2 aromatic rings. The maximum Gasteiger partial charge on any atom is 0.231 e. The Kier molecular flexibility index (Phi) is 7.23. The van der Waals surface area contributed by atoms with Crippen LogP contribution in [0.1, 0.15) is 61.2 Å². The number of benzene rings is 1. The molecule has 1 aliphatic carbocycles. The summed E-state index contributed by atoms with van der Waals surface area (Å²) in [5.41, 5.74) is 3.13. The van der Waals surface area contributed by atoms with Gasteiger partial charge >= 0.3 is 0 Å². The Morgan fingerprint density at radius 1 is 1.16 bits per heavy atom. The Bertz CT molecular complexity index is 944. The lowest BCUT2D eigenvalue weighted by Gasteiger charge is -2.38. The molecule has 1 aliphatic heterocycles. The molecule has 172 valence electrons. The summed E-state index contributed by atoms with van der Waals surface area (Å²) in [6, 6.07) is 7.92. The number of nitrogens with one attached hydrogen (secondary N) is 1. The van der Waals surface area contributed by atoms with E-state index >= 15 is 0 Å². The highest BCUT2D eigenvalue weighted by Gasteiger charge is 2.35. The van der Waals surface area contributed by atoms with Gasteiger partial charge in [-0.1, -0.05) is 44.5 Å². The smallest absolute Gasteiger partial charge is 0.231 e. The van der Waals surface area contributed by atoms with Crippen molar-refractivity contribution in [1.82, 2.24) is 20.2 Å². The Balaban J connectivity index is 1.47. The van der Waals surface area contributed by atoms with Crippen molar-refractivity contribution in [3.8, 4) is 0 Å². The van der Waals surface area contributed by atoms with E-state index in [-0.39, 0.29) is 17.2 Å². The van der Waals surface area contributed by atoms with E-state index in [1.165, 1.54) is 5.56 Å². The second-order valence-electron chi connectivity index (χ2n) is 9.08. The highest BCUT2D eigenvalue weighted by Crippen LogP contribution is 2.45. The van der Waals surface area contributed by atoms with Crippen LogP contribution in [0.2, 0.25) is 5.02 Å². The van der Waals surface area contributed by atoms with Crippen LogP contribution in [0.5, 0.6) is 0 Å². The van der Waals surface area contributed by atoms with E-state index in [1.54, 1.807) is 6.33 Å². The van der Waals surface area contributed by atoms with Crippen LogP contribution in [0.25, 0.3) is 0 Å². The third-order valence-electron chi connectivity index (χ3n) is 6.44. The molecule has 0 unspecified atom stereocenters. The number of carbonyl (C=O) groups is 1. The van der Waals surface area contributed by atoms with Crippen LogP contribution < -0.4 is 10.2 Å². The van der Waals surface area contributed by atoms with Gasteiger partial charge in [-0.05, 0) is 30.0 Å². The molecule has 3 atom stereocenters. The molecular weight excluding hydrogens is 445 g/mol. The first-order valence-corrected chi connectivity index (χ1v) is 12.2. The minimum absolute atomic E-state index is 0.0433. The van der Waals surface area contributed by atoms with E-state index in [0.717, 1.165) is 36.6 Å². The number of aromatic nitrogens is 2. The summed E-state index contributed by atoms with van der Waals surface area (Å²) >= 11 is 12.6. The largest absolute Gasteiger partial charge is 0.353 e. The lowest BCUT2D eigenvalue weighted by Crippen LogP contribution is -2.51. The standard InChI is InChI=1S/C24H31Cl2N5O/c1-15(2)27-13-19(17-4-6-18(25)7-5-17)24(32)31-10-8-30(9-11-31)23-21-16(3)12-20(26)22(21)28-14-29-23/h4-7,14-16,19-20,27H,8-13H2,1-3H3/t16-,19-,20-/m1/s1. The normalized spacial score (nSPS) is 21.7. The number of fused-ring (bicyclic) bond motifs is 1. The first-order valence-electron chi connectivity index (χ1n) is 11.4. The van der Waals surface area contributed by atoms with Gasteiger partial charge in [0.05, 0.1) is 17.0 Å². The third-order valence-corrected chi connectivity index (χ3v) is 7.07. The summed E-state index contributed by atoms with van der Waals surface area (Å²) in [7, 11) is 0. The number of hydrogen-bond acceptors (Lipinski definition) is 5. The molecule has 0 radical (unpaired) electrons. The summed E-state index contributed by atoms with van der Waals surface area (Å²) in [5.74, 6) is 1.25. The zero-order chi connectivity index (χ0) is 22.8. The molecule has 2 heterocycles. The average molecular weight is 476 g/mol. The van der Waals surface area contributed by atoms with E-state index < -0.39 is 0 Å². The number of hydrogen-bond donors (Lipinski definition) is 1. The maximum atomic E-state index is 13.5. The molecule has 0 bridgehead atoms. The zero-order valence-electron chi connectivity index (χ0n) is 18.9. The van der Waals surface area contributed by atoms with Crippen molar-refractivity contribution in [1.29, 1.82) is 0 Å². The van der Waals surface area contributed by atoms with Crippen LogP contribution in [-0.2, 0) is 4.79 Å². The van der Waals surface area contributed by atoms with Crippen molar-refractivity contribution < 1.29 is 4.79 Å². The minimum Gasteiger partial charge on any atom is -0.353 e. The van der Waals surface area contributed by atoms with Crippen LogP contribution >= 0.6 is 23.2 Å². The summed E-state index contributed by atoms with van der Waals surface area (Å²) in [5, 5.41) is 4.06. The van der Waals surface area contributed by atoms with Gasteiger partial charge in [0, 0.05) is 49.4 Å². The molecular formula is C24H31Cl2N5O. The predicted molar refractivity (Wildman–Crippen MR) is 130 cm³/mol. The quantitative estimate of drug-likeness (QED) is 0.629. The Labute approximate surface area is 200 Å². The van der Waals surface area contributed by atoms with Crippen LogP contribution in [0, 0.1) is 0 Å². The number of carbonyl (C=O) groups excluding carboxylic acids is 1. The van der Waals surface area contributed by atoms with E-state index in [1.807, 2.05) is 29.2 Å². The molecule has 0 saturated carbocycles. The van der Waals surface area contributed by atoms with E-state index in [2.05, 4.69) is 41.0 Å². The second-order valence-corrected chi connectivity index (χ2v) is 10.0. The Morgan fingerprint density at radius 3 is 2.50 bits per heavy atom. The molecule has 1 N–H and O–H groups in total. The van der Waals surface area contributed by atoms with Crippen LogP contribution in [0.15, 0.2) is 30.6 Å². The Hall–Kier alpha value is -1.89. The highest BCUT2D eigenvalue weighted by molar-refractivity contribution is 6.30. The second kappa shape index (κ2) is 9.94. The van der Waals surface area contributed by atoms with Gasteiger partial charge < -0.3 is 15.1 Å². The molecule has 6 nitrogen and oxygen atoms in total. The molecule has 1 fully saturated rings. The van der Waals surface area contributed by atoms with E-state index in [0.29, 0.717) is 36.6 Å². The fraction of sp³-hybridized carbons (Fsp3) is 0.542. The van der Waals surface area contributed by atoms with Gasteiger partial charge in [-0.25, -0.2) is 9.97 Å². The lowest BCUT2D eigenvalue weighted by molar-refractivity contribution is -0.133. The monoisotopic (exact) mass is 475 g/mol. The van der Waals surface area contributed by atoms with Crippen molar-refractivity contribution in [2.75, 3.05) is 37.6 Å². The number of nitrogens with zero attached hydrogens (tertiary/aromatic N) is 4. The van der Waals surface area contributed by atoms with Gasteiger partial charge in [0.25, 0.3) is 0 Å². The van der Waals surface area contributed by atoms with Gasteiger partial charge in [-0.3, -0.25) is 4.79 Å². The molecule has 8 heteroatoms. The predicted octanol–water partition coefficient (Wildman–Crippen LogP) is 4.35. The number of rotatable bonds is 6. The molecule has 2 aliphatic rings. The molecule has 1 aromatic heterocycles. The average Bonchev–Trinajstić information content (AvgIpc) is 3.08. The fourth-order valence-corrected chi connectivity index (χ4v) is 5.24. The molecule has 1 aromatic carbocycles. The zero-order valence-corrected chi connectivity index (χ0v) is 20.4. The first-order chi connectivity index (χ1) is 15.3. The summed E-state index contributed by atoms with van der Waals surface area (Å²) < 4.78 is 0. The van der Waals surface area contributed by atoms with Crippen LogP contribution in [0.4, 0.5) is 5.82 Å². The van der Waals surface area contributed by atoms with Crippen molar-refractivity contribution in [2.24, 2.45) is 0 Å². The molecule has 1 amide bonds. The topological polar surface area (TPSA) is 61.4 Å². The van der Waals surface area contributed by atoms with Gasteiger partial charge in [0.2, 0.25) is 5.91 Å². The van der Waals surface area contributed by atoms with Crippen LogP contribution in [0.3, 0.4) is 0 Å².